The molecule has 0 radical (unpaired) electrons. The summed E-state index contributed by atoms with van der Waals surface area (Å²) in [4.78, 5) is 9.97. The molecule has 0 aliphatic carbocycles. The molecule has 4 heteroatoms. The van der Waals surface area contributed by atoms with Crippen molar-refractivity contribution in [3.8, 4) is 22.3 Å². The fraction of sp³-hybridized carbons (Fsp3) is 0.225. The van der Waals surface area contributed by atoms with Crippen LogP contribution in [0.1, 0.15) is 37.3 Å². The van der Waals surface area contributed by atoms with Crippen LogP contribution in [0.4, 0.5) is 22.7 Å². The number of fused-ring (bicyclic) bond motifs is 1. The Bertz CT molecular complexity index is 1740. The number of nitrogens with zero attached hydrogens (tertiary/aromatic N) is 3. The predicted molar refractivity (Wildman–Crippen MR) is 190 cm³/mol. The molecule has 0 aromatic heterocycles. The monoisotopic (exact) mass is 578 g/mol. The van der Waals surface area contributed by atoms with E-state index in [1.807, 2.05) is 0 Å². The summed E-state index contributed by atoms with van der Waals surface area (Å²) >= 11 is 0. The maximum Gasteiger partial charge on any atom is 0.106 e. The number of unbranched alkanes of at least 4 members (excludes halogenated alkanes) is 1. The minimum atomic E-state index is -0.489. The summed E-state index contributed by atoms with van der Waals surface area (Å²) in [5.74, 6) is 0. The number of hydrogen-bond acceptors (Lipinski definition) is 4. The van der Waals surface area contributed by atoms with Crippen molar-refractivity contribution in [1.29, 1.82) is 0 Å². The van der Waals surface area contributed by atoms with Gasteiger partial charge in [0.25, 0.3) is 0 Å². The fourth-order valence-electron chi connectivity index (χ4n) is 6.27. The molecule has 44 heavy (non-hydrogen) atoms. The topological polar surface area (TPSA) is 30.9 Å². The molecule has 1 aliphatic heterocycles. The summed E-state index contributed by atoms with van der Waals surface area (Å²) in [6.07, 6.45) is 3.10. The maximum absolute atomic E-state index is 5.70. The Labute approximate surface area is 262 Å². The molecule has 0 saturated heterocycles. The van der Waals surface area contributed by atoms with Crippen molar-refractivity contribution < 1.29 is 0 Å². The second kappa shape index (κ2) is 12.4. The molecule has 0 bridgehead atoms. The summed E-state index contributed by atoms with van der Waals surface area (Å²) < 4.78 is 0. The lowest BCUT2D eigenvalue weighted by Crippen LogP contribution is -2.46. The zero-order valence-electron chi connectivity index (χ0n) is 26.5. The SMILES string of the molecule is CCCCC1(c2ccccc2)Nc2c(-c3ccc(N(C)C)cc3)ccc(-c3ccc(N(C)C)cc3)c2N=C1c1ccccc1. The van der Waals surface area contributed by atoms with E-state index in [-0.39, 0.29) is 0 Å². The number of anilines is 3. The first kappa shape index (κ1) is 29.3. The van der Waals surface area contributed by atoms with Crippen LogP contribution in [0.25, 0.3) is 22.3 Å². The lowest BCUT2D eigenvalue weighted by Gasteiger charge is -2.42. The van der Waals surface area contributed by atoms with Crippen LogP contribution in [-0.2, 0) is 5.54 Å². The largest absolute Gasteiger partial charge is 0.378 e. The summed E-state index contributed by atoms with van der Waals surface area (Å²) in [5.41, 5.74) is 12.0. The minimum absolute atomic E-state index is 0.489. The Kier molecular flexibility index (Phi) is 8.25. The van der Waals surface area contributed by atoms with Gasteiger partial charge in [0.1, 0.15) is 5.54 Å². The molecule has 4 nitrogen and oxygen atoms in total. The highest BCUT2D eigenvalue weighted by atomic mass is 15.1. The first-order chi connectivity index (χ1) is 21.4. The van der Waals surface area contributed by atoms with E-state index in [2.05, 4.69) is 172 Å². The summed E-state index contributed by atoms with van der Waals surface area (Å²) in [6, 6.07) is 43.8. The third-order valence-corrected chi connectivity index (χ3v) is 8.75. The summed E-state index contributed by atoms with van der Waals surface area (Å²) in [7, 11) is 8.31. The molecule has 1 atom stereocenters. The van der Waals surface area contributed by atoms with E-state index < -0.39 is 5.54 Å². The van der Waals surface area contributed by atoms with Gasteiger partial charge in [0.2, 0.25) is 0 Å². The molecular weight excluding hydrogens is 536 g/mol. The minimum Gasteiger partial charge on any atom is -0.378 e. The molecule has 5 aromatic carbocycles. The van der Waals surface area contributed by atoms with Crippen molar-refractivity contribution in [3.05, 3.63) is 132 Å². The first-order valence-electron chi connectivity index (χ1n) is 15.6. The van der Waals surface area contributed by atoms with Crippen LogP contribution in [0.2, 0.25) is 0 Å². The molecule has 6 rings (SSSR count). The smallest absolute Gasteiger partial charge is 0.106 e. The van der Waals surface area contributed by atoms with E-state index in [0.717, 1.165) is 58.6 Å². The van der Waals surface area contributed by atoms with Crippen LogP contribution in [0.3, 0.4) is 0 Å². The zero-order valence-corrected chi connectivity index (χ0v) is 26.5. The highest BCUT2D eigenvalue weighted by Crippen LogP contribution is 2.51. The van der Waals surface area contributed by atoms with Crippen LogP contribution in [0.15, 0.2) is 126 Å². The second-order valence-corrected chi connectivity index (χ2v) is 12.1. The molecule has 0 saturated carbocycles. The van der Waals surface area contributed by atoms with Gasteiger partial charge in [-0.15, -0.1) is 0 Å². The van der Waals surface area contributed by atoms with Crippen molar-refractivity contribution in [2.75, 3.05) is 43.3 Å². The molecule has 1 aliphatic rings. The first-order valence-corrected chi connectivity index (χ1v) is 15.6. The number of hydrogen-bond donors (Lipinski definition) is 1. The summed E-state index contributed by atoms with van der Waals surface area (Å²) in [6.45, 7) is 2.27. The molecule has 0 amide bonds. The van der Waals surface area contributed by atoms with Crippen LogP contribution in [0, 0.1) is 0 Å². The van der Waals surface area contributed by atoms with E-state index in [1.54, 1.807) is 0 Å². The third kappa shape index (κ3) is 5.48. The second-order valence-electron chi connectivity index (χ2n) is 12.1. The molecule has 1 unspecified atom stereocenters. The van der Waals surface area contributed by atoms with E-state index in [1.165, 1.54) is 22.5 Å². The Morgan fingerprint density at radius 3 is 1.66 bits per heavy atom. The molecule has 222 valence electrons. The lowest BCUT2D eigenvalue weighted by molar-refractivity contribution is 0.552. The molecule has 1 N–H and O–H groups in total. The Hall–Kier alpha value is -4.83. The molecule has 0 spiro atoms. The van der Waals surface area contributed by atoms with Crippen LogP contribution >= 0.6 is 0 Å². The Morgan fingerprint density at radius 2 is 1.11 bits per heavy atom. The number of benzene rings is 5. The van der Waals surface area contributed by atoms with Crippen LogP contribution < -0.4 is 15.1 Å². The van der Waals surface area contributed by atoms with Crippen molar-refractivity contribution in [3.63, 3.8) is 0 Å². The quantitative estimate of drug-likeness (QED) is 0.189. The van der Waals surface area contributed by atoms with Gasteiger partial charge in [0, 0.05) is 50.7 Å². The van der Waals surface area contributed by atoms with Crippen molar-refractivity contribution in [2.24, 2.45) is 4.99 Å². The van der Waals surface area contributed by atoms with Gasteiger partial charge in [0.05, 0.1) is 17.1 Å². The molecule has 0 fully saturated rings. The average molecular weight is 579 g/mol. The van der Waals surface area contributed by atoms with Gasteiger partial charge in [-0.25, -0.2) is 4.99 Å². The highest BCUT2D eigenvalue weighted by molar-refractivity contribution is 6.15. The number of nitrogens with one attached hydrogen (secondary N) is 1. The Morgan fingerprint density at radius 1 is 0.591 bits per heavy atom. The molecule has 5 aromatic rings. The fourth-order valence-corrected chi connectivity index (χ4v) is 6.27. The lowest BCUT2D eigenvalue weighted by atomic mass is 9.76. The van der Waals surface area contributed by atoms with Crippen molar-refractivity contribution in [2.45, 2.75) is 31.7 Å². The van der Waals surface area contributed by atoms with Gasteiger partial charge in [-0.05, 0) is 52.9 Å². The van der Waals surface area contributed by atoms with E-state index >= 15 is 0 Å². The van der Waals surface area contributed by atoms with Crippen molar-refractivity contribution >= 4 is 28.5 Å². The maximum atomic E-state index is 5.70. The number of rotatable bonds is 9. The average Bonchev–Trinajstić information content (AvgIpc) is 3.07. The normalized spacial score (nSPS) is 15.6. The van der Waals surface area contributed by atoms with E-state index in [9.17, 15) is 0 Å². The number of aliphatic imine (C=N–C) groups is 1. The molecule has 1 heterocycles. The highest BCUT2D eigenvalue weighted by Gasteiger charge is 2.42. The molecular formula is C40H42N4. The van der Waals surface area contributed by atoms with Gasteiger partial charge in [-0.2, -0.15) is 0 Å². The van der Waals surface area contributed by atoms with Crippen LogP contribution in [-0.4, -0.2) is 33.9 Å². The van der Waals surface area contributed by atoms with Gasteiger partial charge in [0.15, 0.2) is 0 Å². The van der Waals surface area contributed by atoms with Gasteiger partial charge in [-0.1, -0.05) is 117 Å². The van der Waals surface area contributed by atoms with Crippen molar-refractivity contribution in [1.82, 2.24) is 0 Å². The zero-order chi connectivity index (χ0) is 30.7. The predicted octanol–water partition coefficient (Wildman–Crippen LogP) is 9.78. The van der Waals surface area contributed by atoms with Crippen LogP contribution in [0.5, 0.6) is 0 Å². The van der Waals surface area contributed by atoms with Gasteiger partial charge in [-0.3, -0.25) is 0 Å². The standard InChI is InChI=1S/C40H42N4/c1-6-7-28-40(32-16-12-9-13-17-32)39(31-14-10-8-11-15-31)41-37-35(29-18-22-33(23-19-29)43(2)3)26-27-36(38(37)42-40)30-20-24-34(25-21-30)44(4)5/h8-27,42H,6-7,28H2,1-5H3. The van der Waals surface area contributed by atoms with E-state index in [0.29, 0.717) is 0 Å². The van der Waals surface area contributed by atoms with Gasteiger partial charge < -0.3 is 15.1 Å². The summed E-state index contributed by atoms with van der Waals surface area (Å²) in [5, 5.41) is 4.20. The Balaban J connectivity index is 1.65. The van der Waals surface area contributed by atoms with Gasteiger partial charge >= 0.3 is 0 Å². The third-order valence-electron chi connectivity index (χ3n) is 8.75. The van der Waals surface area contributed by atoms with E-state index in [4.69, 9.17) is 4.99 Å².